The number of unbranched alkanes of at least 4 members (excludes halogenated alkanes) is 2. The van der Waals surface area contributed by atoms with Crippen molar-refractivity contribution in [3.05, 3.63) is 89.6 Å². The number of nitrogens with zero attached hydrogens (tertiary/aromatic N) is 4. The first-order chi connectivity index (χ1) is 37.3. The normalized spacial score (nSPS) is 15.2. The van der Waals surface area contributed by atoms with E-state index >= 15 is 4.79 Å². The molecular weight excluding hydrogens is 1010 g/mol. The maximum Gasteiger partial charge on any atom is 0.326 e. The third-order valence-corrected chi connectivity index (χ3v) is 13.2. The number of nitrogens with one attached hydrogen (secondary N) is 8. The third-order valence-electron chi connectivity index (χ3n) is 13.2. The summed E-state index contributed by atoms with van der Waals surface area (Å²) in [4.78, 5) is 141. The number of rotatable bonds is 30. The highest BCUT2D eigenvalue weighted by Gasteiger charge is 2.41. The van der Waals surface area contributed by atoms with Gasteiger partial charge in [-0.2, -0.15) is 0 Å². The number of aromatic amines is 2. The number of urea groups is 1. The molecule has 0 aliphatic carbocycles. The first kappa shape index (κ1) is 60.3. The SMILES string of the molecule is CCCC[C@H](NC(=O)N(C)C)C(=O)N[C@@H](CC(=O)O)C(=O)N[C@@H](Cc1cnc[nH]1)C(=O)N1Cc2ccccc2C[C@@H]1C(=O)N[C@@H](CCCN=C(N)N)C(=O)N[C@@H](Cc1c[nH]c2ccccc12)C(=O)N[C@@H](CCCCN)C(=O)O. The molecule has 4 aromatic rings. The molecule has 422 valence electrons. The molecule has 0 saturated heterocycles. The topological polar surface area (TPSA) is 408 Å². The van der Waals surface area contributed by atoms with Gasteiger partial charge in [0.1, 0.15) is 42.3 Å². The number of amides is 8. The number of carbonyl (C=O) groups is 9. The third kappa shape index (κ3) is 17.8. The van der Waals surface area contributed by atoms with Crippen molar-refractivity contribution in [1.82, 2.24) is 56.7 Å². The minimum absolute atomic E-state index is 0.0359. The first-order valence-electron chi connectivity index (χ1n) is 25.9. The lowest BCUT2D eigenvalue weighted by molar-refractivity contribution is -0.146. The molecule has 0 spiro atoms. The standard InChI is InChI=1S/C52H73N15O11/c1-4-5-16-37(65-52(78)66(2)3)45(71)63-40(25-43(68)69)47(73)64-41(24-33-27-56-29-59-33)49(75)67-28-31-14-7-6-13-30(31)23-42(67)48(74)60-36(19-12-21-57-51(54)55)44(70)62-39(22-32-26-58-35-17-9-8-15-34(32)35)46(72)61-38(50(76)77)18-10-11-20-53/h6-9,13-15,17,26-27,29,36-42,58H,4-5,10-12,16,18-25,28,53H2,1-3H3,(H,56,59)(H,60,74)(H,61,72)(H,62,70)(H,63,71)(H,64,73)(H,65,78)(H,68,69)(H,76,77)(H4,54,55,57)/t36-,37-,38-,39-,40-,41-,42+/m0/s1. The molecule has 0 fully saturated rings. The van der Waals surface area contributed by atoms with Crippen LogP contribution in [0.5, 0.6) is 0 Å². The largest absolute Gasteiger partial charge is 0.481 e. The van der Waals surface area contributed by atoms with Gasteiger partial charge in [-0.05, 0) is 67.8 Å². The lowest BCUT2D eigenvalue weighted by Crippen LogP contribution is -2.62. The number of hydrogen-bond donors (Lipinski definition) is 13. The number of benzene rings is 2. The van der Waals surface area contributed by atoms with E-state index in [-0.39, 0.29) is 64.0 Å². The van der Waals surface area contributed by atoms with E-state index in [1.54, 1.807) is 36.5 Å². The number of aromatic nitrogens is 3. The Kier molecular flexibility index (Phi) is 22.9. The van der Waals surface area contributed by atoms with Gasteiger partial charge in [-0.25, -0.2) is 14.6 Å². The van der Waals surface area contributed by atoms with Crippen LogP contribution < -0.4 is 49.1 Å². The van der Waals surface area contributed by atoms with Crippen molar-refractivity contribution >= 4 is 70.3 Å². The van der Waals surface area contributed by atoms with Crippen LogP contribution in [0.2, 0.25) is 0 Å². The van der Waals surface area contributed by atoms with Crippen molar-refractivity contribution in [2.45, 2.75) is 133 Å². The van der Waals surface area contributed by atoms with Gasteiger partial charge in [-0.3, -0.25) is 38.6 Å². The Hall–Kier alpha value is -8.55. The fourth-order valence-corrected chi connectivity index (χ4v) is 8.95. The molecule has 7 atom stereocenters. The Balaban J connectivity index is 1.48. The number of nitrogens with two attached hydrogens (primary N) is 3. The summed E-state index contributed by atoms with van der Waals surface area (Å²) in [6.45, 7) is 2.07. The molecule has 26 nitrogen and oxygen atoms in total. The summed E-state index contributed by atoms with van der Waals surface area (Å²) >= 11 is 0. The second-order valence-electron chi connectivity index (χ2n) is 19.3. The first-order valence-corrected chi connectivity index (χ1v) is 25.9. The molecule has 26 heteroatoms. The number of aliphatic imine (C=N–C) groups is 1. The van der Waals surface area contributed by atoms with Gasteiger partial charge in [0.25, 0.3) is 0 Å². The number of carboxylic acid groups (broad SMARTS) is 2. The molecule has 1 aliphatic heterocycles. The van der Waals surface area contributed by atoms with Gasteiger partial charge in [-0.1, -0.05) is 62.2 Å². The molecule has 1 aliphatic rings. The number of carbonyl (C=O) groups excluding carboxylic acids is 7. The van der Waals surface area contributed by atoms with Gasteiger partial charge in [0.15, 0.2) is 5.96 Å². The van der Waals surface area contributed by atoms with Crippen LogP contribution in [0.25, 0.3) is 10.9 Å². The molecule has 16 N–H and O–H groups in total. The van der Waals surface area contributed by atoms with Crippen molar-refractivity contribution in [2.75, 3.05) is 27.2 Å². The highest BCUT2D eigenvalue weighted by atomic mass is 16.4. The van der Waals surface area contributed by atoms with E-state index < -0.39 is 102 Å². The molecule has 0 saturated carbocycles. The summed E-state index contributed by atoms with van der Waals surface area (Å²) in [5.74, 6) is -8.07. The molecule has 8 amide bonds. The van der Waals surface area contributed by atoms with Gasteiger partial charge in [0.2, 0.25) is 35.4 Å². The zero-order valence-corrected chi connectivity index (χ0v) is 44.1. The van der Waals surface area contributed by atoms with Crippen LogP contribution in [-0.4, -0.2) is 164 Å². The zero-order chi connectivity index (χ0) is 56.9. The lowest BCUT2D eigenvalue weighted by Gasteiger charge is -2.39. The van der Waals surface area contributed by atoms with Gasteiger partial charge in [-0.15, -0.1) is 0 Å². The summed E-state index contributed by atoms with van der Waals surface area (Å²) < 4.78 is 0. The van der Waals surface area contributed by atoms with E-state index in [0.717, 1.165) is 10.9 Å². The van der Waals surface area contributed by atoms with E-state index in [2.05, 4.69) is 51.8 Å². The number of carboxylic acids is 2. The fraction of sp³-hybridized carbons (Fsp3) is 0.481. The van der Waals surface area contributed by atoms with Crippen LogP contribution in [0, 0.1) is 0 Å². The smallest absolute Gasteiger partial charge is 0.326 e. The quantitative estimate of drug-likeness (QED) is 0.0180. The van der Waals surface area contributed by atoms with E-state index in [9.17, 15) is 48.6 Å². The Bertz CT molecular complexity index is 2740. The monoisotopic (exact) mass is 1080 g/mol. The Labute approximate surface area is 450 Å². The number of guanidine groups is 1. The Morgan fingerprint density at radius 3 is 2.00 bits per heavy atom. The second-order valence-corrected chi connectivity index (χ2v) is 19.3. The molecule has 0 unspecified atom stereocenters. The van der Waals surface area contributed by atoms with E-state index in [4.69, 9.17) is 17.2 Å². The molecule has 78 heavy (non-hydrogen) atoms. The average Bonchev–Trinajstić information content (AvgIpc) is 4.09. The van der Waals surface area contributed by atoms with Crippen molar-refractivity contribution in [1.29, 1.82) is 0 Å². The number of fused-ring (bicyclic) bond motifs is 2. The number of aliphatic carboxylic acids is 2. The summed E-state index contributed by atoms with van der Waals surface area (Å²) in [5, 5.41) is 36.5. The van der Waals surface area contributed by atoms with Crippen LogP contribution in [0.15, 0.2) is 72.2 Å². The second kappa shape index (κ2) is 29.7. The lowest BCUT2D eigenvalue weighted by atomic mass is 9.92. The Morgan fingerprint density at radius 2 is 1.35 bits per heavy atom. The highest BCUT2D eigenvalue weighted by molar-refractivity contribution is 5.99. The zero-order valence-electron chi connectivity index (χ0n) is 44.1. The Morgan fingerprint density at radius 1 is 0.731 bits per heavy atom. The minimum Gasteiger partial charge on any atom is -0.481 e. The van der Waals surface area contributed by atoms with Gasteiger partial charge < -0.3 is 79.1 Å². The molecule has 2 aromatic heterocycles. The summed E-state index contributed by atoms with van der Waals surface area (Å²) in [7, 11) is 2.95. The number of H-pyrrole nitrogens is 2. The highest BCUT2D eigenvalue weighted by Crippen LogP contribution is 2.26. The molecular formula is C52H73N15O11. The summed E-state index contributed by atoms with van der Waals surface area (Å²) in [6.07, 6.45) is 5.50. The van der Waals surface area contributed by atoms with Crippen LogP contribution >= 0.6 is 0 Å². The summed E-state index contributed by atoms with van der Waals surface area (Å²) in [5.41, 5.74) is 19.9. The average molecular weight is 1080 g/mol. The predicted octanol–water partition coefficient (Wildman–Crippen LogP) is -0.374. The van der Waals surface area contributed by atoms with E-state index in [1.165, 1.54) is 36.4 Å². The maximum atomic E-state index is 15.2. The van der Waals surface area contributed by atoms with Gasteiger partial charge in [0.05, 0.1) is 12.7 Å². The number of para-hydroxylation sites is 1. The molecule has 0 bridgehead atoms. The van der Waals surface area contributed by atoms with Crippen molar-refractivity contribution in [3.8, 4) is 0 Å². The molecule has 3 heterocycles. The molecule has 0 radical (unpaired) electrons. The van der Waals surface area contributed by atoms with Crippen molar-refractivity contribution < 1.29 is 53.4 Å². The van der Waals surface area contributed by atoms with E-state index in [0.29, 0.717) is 54.6 Å². The molecule has 5 rings (SSSR count). The van der Waals surface area contributed by atoms with Crippen molar-refractivity contribution in [3.63, 3.8) is 0 Å². The van der Waals surface area contributed by atoms with Gasteiger partial charge in [0, 0.05) is 75.4 Å². The minimum atomic E-state index is -1.74. The number of hydrogen-bond acceptors (Lipinski definition) is 12. The van der Waals surface area contributed by atoms with E-state index in [1.807, 2.05) is 25.1 Å². The summed E-state index contributed by atoms with van der Waals surface area (Å²) in [6, 6.07) is 3.92. The number of imidazole rings is 1. The van der Waals surface area contributed by atoms with Crippen LogP contribution in [0.3, 0.4) is 0 Å². The van der Waals surface area contributed by atoms with Crippen LogP contribution in [0.4, 0.5) is 4.79 Å². The van der Waals surface area contributed by atoms with Crippen LogP contribution in [-0.2, 0) is 64.2 Å². The van der Waals surface area contributed by atoms with Crippen molar-refractivity contribution in [2.24, 2.45) is 22.2 Å². The predicted molar refractivity (Wildman–Crippen MR) is 287 cm³/mol. The van der Waals surface area contributed by atoms with Crippen LogP contribution in [0.1, 0.15) is 87.1 Å². The maximum absolute atomic E-state index is 15.2. The van der Waals surface area contributed by atoms with Gasteiger partial charge >= 0.3 is 18.0 Å². The molecule has 2 aromatic carbocycles. The fourth-order valence-electron chi connectivity index (χ4n) is 8.95.